The van der Waals surface area contributed by atoms with E-state index in [1.807, 2.05) is 4.90 Å². The second-order valence-electron chi connectivity index (χ2n) is 4.80. The second kappa shape index (κ2) is 6.29. The van der Waals surface area contributed by atoms with Gasteiger partial charge in [-0.05, 0) is 32.2 Å². The largest absolute Gasteiger partial charge is 0.480 e. The third kappa shape index (κ3) is 3.29. The van der Waals surface area contributed by atoms with Crippen LogP contribution < -0.4 is 0 Å². The molecule has 1 aliphatic heterocycles. The molecule has 1 aliphatic rings. The Labute approximate surface area is 112 Å². The van der Waals surface area contributed by atoms with E-state index in [1.54, 1.807) is 11.3 Å². The lowest BCUT2D eigenvalue weighted by Crippen LogP contribution is -2.35. The van der Waals surface area contributed by atoms with Gasteiger partial charge in [-0.25, -0.2) is 4.98 Å². The van der Waals surface area contributed by atoms with E-state index in [0.717, 1.165) is 31.5 Å². The van der Waals surface area contributed by atoms with Gasteiger partial charge in [-0.1, -0.05) is 13.3 Å². The number of carboxylic acids is 1. The van der Waals surface area contributed by atoms with Crippen molar-refractivity contribution in [3.05, 3.63) is 16.1 Å². The number of carbonyl (C=O) groups is 1. The van der Waals surface area contributed by atoms with E-state index in [4.69, 9.17) is 5.11 Å². The third-order valence-corrected chi connectivity index (χ3v) is 4.31. The number of aromatic nitrogens is 1. The van der Waals surface area contributed by atoms with Crippen molar-refractivity contribution >= 4 is 17.3 Å². The highest BCUT2D eigenvalue weighted by Gasteiger charge is 2.30. The summed E-state index contributed by atoms with van der Waals surface area (Å²) < 4.78 is 0. The number of thiazole rings is 1. The first kappa shape index (κ1) is 13.5. The van der Waals surface area contributed by atoms with Crippen LogP contribution in [0, 0.1) is 0 Å². The van der Waals surface area contributed by atoms with Crippen LogP contribution in [0.4, 0.5) is 0 Å². The molecule has 1 atom stereocenters. The zero-order chi connectivity index (χ0) is 13.0. The number of rotatable bonds is 6. The van der Waals surface area contributed by atoms with Gasteiger partial charge >= 0.3 is 5.97 Å². The zero-order valence-corrected chi connectivity index (χ0v) is 11.6. The number of aliphatic carboxylic acids is 1. The topological polar surface area (TPSA) is 53.4 Å². The predicted molar refractivity (Wildman–Crippen MR) is 71.8 cm³/mol. The summed E-state index contributed by atoms with van der Waals surface area (Å²) in [5.74, 6) is -0.700. The molecular weight excluding hydrogens is 248 g/mol. The fourth-order valence-electron chi connectivity index (χ4n) is 2.37. The molecule has 18 heavy (non-hydrogen) atoms. The van der Waals surface area contributed by atoms with Crippen LogP contribution in [-0.4, -0.2) is 33.5 Å². The molecule has 1 aromatic rings. The lowest BCUT2D eigenvalue weighted by atomic mass is 10.2. The van der Waals surface area contributed by atoms with Gasteiger partial charge in [-0.3, -0.25) is 9.69 Å². The van der Waals surface area contributed by atoms with Crippen LogP contribution >= 0.6 is 11.3 Å². The number of likely N-dealkylation sites (tertiary alicyclic amines) is 1. The van der Waals surface area contributed by atoms with Crippen LogP contribution in [0.25, 0.3) is 0 Å². The lowest BCUT2D eigenvalue weighted by Gasteiger charge is -2.19. The van der Waals surface area contributed by atoms with E-state index in [1.165, 1.54) is 17.8 Å². The first-order valence-corrected chi connectivity index (χ1v) is 7.48. The van der Waals surface area contributed by atoms with Gasteiger partial charge in [0.05, 0.1) is 10.7 Å². The molecular formula is C13H20N2O2S. The molecule has 2 rings (SSSR count). The van der Waals surface area contributed by atoms with Crippen molar-refractivity contribution in [3.63, 3.8) is 0 Å². The smallest absolute Gasteiger partial charge is 0.320 e. The number of nitrogens with zero attached hydrogens (tertiary/aromatic N) is 2. The van der Waals surface area contributed by atoms with Gasteiger partial charge in [-0.2, -0.15) is 0 Å². The fraction of sp³-hybridized carbons (Fsp3) is 0.692. The average Bonchev–Trinajstić information content (AvgIpc) is 2.96. The minimum atomic E-state index is -0.700. The fourth-order valence-corrected chi connectivity index (χ4v) is 3.20. The quantitative estimate of drug-likeness (QED) is 0.861. The molecule has 1 unspecified atom stereocenters. The number of hydrogen-bond acceptors (Lipinski definition) is 4. The molecule has 1 saturated heterocycles. The number of carboxylic acid groups (broad SMARTS) is 1. The van der Waals surface area contributed by atoms with Gasteiger partial charge in [0.1, 0.15) is 6.04 Å². The minimum Gasteiger partial charge on any atom is -0.480 e. The lowest BCUT2D eigenvalue weighted by molar-refractivity contribution is -0.142. The van der Waals surface area contributed by atoms with Crippen molar-refractivity contribution in [3.8, 4) is 0 Å². The van der Waals surface area contributed by atoms with E-state index >= 15 is 0 Å². The Hall–Kier alpha value is -0.940. The van der Waals surface area contributed by atoms with Crippen LogP contribution in [0.5, 0.6) is 0 Å². The van der Waals surface area contributed by atoms with E-state index < -0.39 is 5.97 Å². The van der Waals surface area contributed by atoms with Gasteiger partial charge in [0.15, 0.2) is 0 Å². The molecule has 0 aliphatic carbocycles. The number of unbranched alkanes of at least 4 members (excludes halogenated alkanes) is 1. The van der Waals surface area contributed by atoms with E-state index in [-0.39, 0.29) is 6.04 Å². The number of aryl methyl sites for hydroxylation is 1. The Bertz CT molecular complexity index is 405. The van der Waals surface area contributed by atoms with Crippen molar-refractivity contribution in [2.45, 2.75) is 51.6 Å². The highest BCUT2D eigenvalue weighted by molar-refractivity contribution is 7.09. The second-order valence-corrected chi connectivity index (χ2v) is 5.75. The van der Waals surface area contributed by atoms with E-state index in [0.29, 0.717) is 6.54 Å². The Morgan fingerprint density at radius 1 is 1.67 bits per heavy atom. The van der Waals surface area contributed by atoms with Gasteiger partial charge in [0.25, 0.3) is 0 Å². The molecule has 1 N–H and O–H groups in total. The molecule has 0 spiro atoms. The molecule has 2 heterocycles. The SMILES string of the molecule is CCCCc1nc(CN2CCCC2C(=O)O)cs1. The highest BCUT2D eigenvalue weighted by Crippen LogP contribution is 2.21. The van der Waals surface area contributed by atoms with Crippen LogP contribution in [-0.2, 0) is 17.8 Å². The Balaban J connectivity index is 1.92. The van der Waals surface area contributed by atoms with Crippen molar-refractivity contribution in [1.82, 2.24) is 9.88 Å². The van der Waals surface area contributed by atoms with Crippen molar-refractivity contribution in [1.29, 1.82) is 0 Å². The maximum Gasteiger partial charge on any atom is 0.320 e. The highest BCUT2D eigenvalue weighted by atomic mass is 32.1. The summed E-state index contributed by atoms with van der Waals surface area (Å²) in [4.78, 5) is 17.7. The Morgan fingerprint density at radius 3 is 3.22 bits per heavy atom. The van der Waals surface area contributed by atoms with Gasteiger partial charge in [0, 0.05) is 11.9 Å². The molecule has 0 saturated carbocycles. The molecule has 1 aromatic heterocycles. The zero-order valence-electron chi connectivity index (χ0n) is 10.8. The average molecular weight is 268 g/mol. The first-order chi connectivity index (χ1) is 8.70. The molecule has 0 aromatic carbocycles. The van der Waals surface area contributed by atoms with Crippen LogP contribution in [0.3, 0.4) is 0 Å². The molecule has 5 heteroatoms. The molecule has 0 radical (unpaired) electrons. The maximum absolute atomic E-state index is 11.1. The molecule has 1 fully saturated rings. The monoisotopic (exact) mass is 268 g/mol. The summed E-state index contributed by atoms with van der Waals surface area (Å²) in [6.07, 6.45) is 5.14. The Morgan fingerprint density at radius 2 is 2.50 bits per heavy atom. The number of hydrogen-bond donors (Lipinski definition) is 1. The van der Waals surface area contributed by atoms with Crippen molar-refractivity contribution < 1.29 is 9.90 Å². The maximum atomic E-state index is 11.1. The molecule has 4 nitrogen and oxygen atoms in total. The normalized spacial score (nSPS) is 20.4. The van der Waals surface area contributed by atoms with Crippen molar-refractivity contribution in [2.24, 2.45) is 0 Å². The molecule has 100 valence electrons. The van der Waals surface area contributed by atoms with E-state index in [9.17, 15) is 4.79 Å². The summed E-state index contributed by atoms with van der Waals surface area (Å²) in [5.41, 5.74) is 1.03. The van der Waals surface area contributed by atoms with Gasteiger partial charge in [-0.15, -0.1) is 11.3 Å². The van der Waals surface area contributed by atoms with Gasteiger partial charge in [0.2, 0.25) is 0 Å². The predicted octanol–water partition coefficient (Wildman–Crippen LogP) is 2.53. The standard InChI is InChI=1S/C13H20N2O2S/c1-2-3-6-12-14-10(9-18-12)8-15-7-4-5-11(15)13(16)17/h9,11H,2-8H2,1H3,(H,16,17). The summed E-state index contributed by atoms with van der Waals surface area (Å²) in [7, 11) is 0. The van der Waals surface area contributed by atoms with Crippen molar-refractivity contribution in [2.75, 3.05) is 6.54 Å². The van der Waals surface area contributed by atoms with Crippen LogP contribution in [0.15, 0.2) is 5.38 Å². The van der Waals surface area contributed by atoms with Gasteiger partial charge < -0.3 is 5.11 Å². The third-order valence-electron chi connectivity index (χ3n) is 3.36. The summed E-state index contributed by atoms with van der Waals surface area (Å²) in [6.45, 7) is 3.73. The summed E-state index contributed by atoms with van der Waals surface area (Å²) >= 11 is 1.70. The summed E-state index contributed by atoms with van der Waals surface area (Å²) in [6, 6.07) is -0.314. The molecule has 0 bridgehead atoms. The van der Waals surface area contributed by atoms with Crippen LogP contribution in [0.2, 0.25) is 0 Å². The van der Waals surface area contributed by atoms with Crippen LogP contribution in [0.1, 0.15) is 43.3 Å². The minimum absolute atomic E-state index is 0.314. The summed E-state index contributed by atoms with van der Waals surface area (Å²) in [5, 5.41) is 12.4. The first-order valence-electron chi connectivity index (χ1n) is 6.61. The Kier molecular flexibility index (Phi) is 4.72. The molecule has 0 amide bonds. The van der Waals surface area contributed by atoms with E-state index in [2.05, 4.69) is 17.3 Å².